The molecule has 0 aliphatic carbocycles. The fourth-order valence-electron chi connectivity index (χ4n) is 2.86. The lowest BCUT2D eigenvalue weighted by molar-refractivity contribution is -0.136. The van der Waals surface area contributed by atoms with Gasteiger partial charge in [-0.25, -0.2) is 4.39 Å². The van der Waals surface area contributed by atoms with E-state index in [1.807, 2.05) is 0 Å². The van der Waals surface area contributed by atoms with Gasteiger partial charge in [0, 0.05) is 24.8 Å². The Labute approximate surface area is 161 Å². The molecule has 3 amide bonds. The monoisotopic (exact) mass is 379 g/mol. The Morgan fingerprint density at radius 2 is 1.64 bits per heavy atom. The van der Waals surface area contributed by atoms with E-state index in [-0.39, 0.29) is 23.7 Å². The summed E-state index contributed by atoms with van der Waals surface area (Å²) < 4.78 is 13.2. The molecular weight excluding hydrogens is 361 g/mol. The number of hydrogen-bond donors (Lipinski definition) is 2. The van der Waals surface area contributed by atoms with Gasteiger partial charge in [0.1, 0.15) is 11.5 Å². The molecule has 0 atom stereocenters. The number of hydrogen-bond acceptors (Lipinski definition) is 4. The van der Waals surface area contributed by atoms with Crippen molar-refractivity contribution in [2.75, 3.05) is 17.2 Å². The molecule has 0 unspecified atom stereocenters. The number of rotatable bonds is 6. The summed E-state index contributed by atoms with van der Waals surface area (Å²) in [4.78, 5) is 37.9. The summed E-state index contributed by atoms with van der Waals surface area (Å²) in [6, 6.07) is 12.1. The minimum atomic E-state index is -0.491. The fourth-order valence-corrected chi connectivity index (χ4v) is 2.86. The van der Waals surface area contributed by atoms with Gasteiger partial charge in [0.25, 0.3) is 11.8 Å². The first-order valence-electron chi connectivity index (χ1n) is 8.52. The Morgan fingerprint density at radius 3 is 2.21 bits per heavy atom. The van der Waals surface area contributed by atoms with Crippen LogP contribution in [0.3, 0.4) is 0 Å². The maximum atomic E-state index is 13.2. The van der Waals surface area contributed by atoms with Crippen LogP contribution in [0.4, 0.5) is 15.8 Å². The molecule has 0 saturated heterocycles. The number of amides is 3. The molecule has 2 aromatic carbocycles. The van der Waals surface area contributed by atoms with Gasteiger partial charge in [-0.2, -0.15) is 0 Å². The summed E-state index contributed by atoms with van der Waals surface area (Å²) in [5.74, 6) is -1.57. The van der Waals surface area contributed by atoms with E-state index in [4.69, 9.17) is 0 Å². The second-order valence-corrected chi connectivity index (χ2v) is 6.15. The highest BCUT2D eigenvalue weighted by molar-refractivity contribution is 6.36. The lowest BCUT2D eigenvalue weighted by Gasteiger charge is -2.12. The number of imide groups is 1. The highest BCUT2D eigenvalue weighted by Gasteiger charge is 2.38. The van der Waals surface area contributed by atoms with Crippen molar-refractivity contribution in [1.82, 2.24) is 4.90 Å². The van der Waals surface area contributed by atoms with Crippen LogP contribution in [0.15, 0.2) is 66.9 Å². The third kappa shape index (κ3) is 3.83. The maximum absolute atomic E-state index is 13.2. The minimum absolute atomic E-state index is 0.0692. The van der Waals surface area contributed by atoms with Gasteiger partial charge in [0.15, 0.2) is 0 Å². The highest BCUT2D eigenvalue weighted by Crippen LogP contribution is 2.31. The summed E-state index contributed by atoms with van der Waals surface area (Å²) in [7, 11) is 0. The van der Waals surface area contributed by atoms with Crippen LogP contribution in [0.5, 0.6) is 0 Å². The van der Waals surface area contributed by atoms with E-state index < -0.39 is 17.6 Å². The molecule has 0 bridgehead atoms. The van der Waals surface area contributed by atoms with E-state index in [1.54, 1.807) is 24.3 Å². The van der Waals surface area contributed by atoms with Crippen LogP contribution < -0.4 is 10.6 Å². The highest BCUT2D eigenvalue weighted by atomic mass is 19.1. The zero-order chi connectivity index (χ0) is 20.3. The van der Waals surface area contributed by atoms with Crippen molar-refractivity contribution in [2.45, 2.75) is 6.92 Å². The Balaban J connectivity index is 2.02. The molecule has 7 heteroatoms. The predicted octanol–water partition coefficient (Wildman–Crippen LogP) is 3.16. The number of halogens is 1. The Bertz CT molecular complexity index is 979. The van der Waals surface area contributed by atoms with Crippen molar-refractivity contribution in [2.24, 2.45) is 0 Å². The summed E-state index contributed by atoms with van der Waals surface area (Å²) in [5, 5.41) is 5.58. The number of nitrogens with zero attached hydrogens (tertiary/aromatic N) is 1. The molecule has 0 saturated carbocycles. The van der Waals surface area contributed by atoms with Crippen LogP contribution in [0.1, 0.15) is 12.5 Å². The second kappa shape index (κ2) is 7.87. The van der Waals surface area contributed by atoms with E-state index in [2.05, 4.69) is 17.2 Å². The fraction of sp³-hybridized carbons (Fsp3) is 0.0952. The molecule has 28 heavy (non-hydrogen) atoms. The molecule has 1 heterocycles. The molecular formula is C21H18FN3O3. The van der Waals surface area contributed by atoms with Gasteiger partial charge in [-0.05, 0) is 42.0 Å². The van der Waals surface area contributed by atoms with Crippen LogP contribution in [0.2, 0.25) is 0 Å². The van der Waals surface area contributed by atoms with Gasteiger partial charge < -0.3 is 10.6 Å². The van der Waals surface area contributed by atoms with E-state index in [1.165, 1.54) is 37.3 Å². The number of carbonyl (C=O) groups is 3. The molecule has 0 fully saturated rings. The predicted molar refractivity (Wildman–Crippen MR) is 105 cm³/mol. The van der Waals surface area contributed by atoms with Gasteiger partial charge in [-0.1, -0.05) is 18.2 Å². The standard InChI is InChI=1S/C21H18FN3O3/c1-3-12-25-20(27)18(14-4-8-16(9-5-14)23-13(2)26)19(21(25)28)24-17-10-6-15(22)7-11-17/h3-11,24H,1,12H2,2H3,(H,23,26). The van der Waals surface area contributed by atoms with Crippen molar-refractivity contribution >= 4 is 34.7 Å². The van der Waals surface area contributed by atoms with Crippen LogP contribution in [-0.4, -0.2) is 29.2 Å². The molecule has 6 nitrogen and oxygen atoms in total. The van der Waals surface area contributed by atoms with Gasteiger partial charge in [0.2, 0.25) is 5.91 Å². The Kier molecular flexibility index (Phi) is 5.35. The van der Waals surface area contributed by atoms with E-state index >= 15 is 0 Å². The molecule has 0 spiro atoms. The molecule has 3 rings (SSSR count). The first-order valence-corrected chi connectivity index (χ1v) is 8.52. The average molecular weight is 379 g/mol. The number of anilines is 2. The first kappa shape index (κ1) is 19.0. The topological polar surface area (TPSA) is 78.5 Å². The van der Waals surface area contributed by atoms with E-state index in [0.717, 1.165) is 4.90 Å². The third-order valence-corrected chi connectivity index (χ3v) is 4.09. The third-order valence-electron chi connectivity index (χ3n) is 4.09. The van der Waals surface area contributed by atoms with Crippen LogP contribution >= 0.6 is 0 Å². The molecule has 1 aliphatic rings. The minimum Gasteiger partial charge on any atom is -0.350 e. The molecule has 142 valence electrons. The Hall–Kier alpha value is -3.74. The van der Waals surface area contributed by atoms with E-state index in [0.29, 0.717) is 16.9 Å². The lowest BCUT2D eigenvalue weighted by Crippen LogP contribution is -2.32. The summed E-state index contributed by atoms with van der Waals surface area (Å²) in [5.41, 5.74) is 1.87. The molecule has 2 aromatic rings. The van der Waals surface area contributed by atoms with Gasteiger partial charge >= 0.3 is 0 Å². The average Bonchev–Trinajstić information content (AvgIpc) is 2.89. The van der Waals surface area contributed by atoms with Gasteiger partial charge in [-0.15, -0.1) is 6.58 Å². The van der Waals surface area contributed by atoms with Gasteiger partial charge in [-0.3, -0.25) is 19.3 Å². The number of benzene rings is 2. The largest absolute Gasteiger partial charge is 0.350 e. The van der Waals surface area contributed by atoms with Crippen LogP contribution in [0.25, 0.3) is 5.57 Å². The quantitative estimate of drug-likeness (QED) is 0.597. The van der Waals surface area contributed by atoms with Crippen molar-refractivity contribution < 1.29 is 18.8 Å². The molecule has 2 N–H and O–H groups in total. The second-order valence-electron chi connectivity index (χ2n) is 6.15. The van der Waals surface area contributed by atoms with Crippen molar-refractivity contribution in [3.05, 3.63) is 78.3 Å². The normalized spacial score (nSPS) is 13.7. The van der Waals surface area contributed by atoms with Crippen molar-refractivity contribution in [3.63, 3.8) is 0 Å². The SMILES string of the molecule is C=CCN1C(=O)C(Nc2ccc(F)cc2)=C(c2ccc(NC(C)=O)cc2)C1=O. The summed E-state index contributed by atoms with van der Waals surface area (Å²) in [6.07, 6.45) is 1.47. The smallest absolute Gasteiger partial charge is 0.278 e. The van der Waals surface area contributed by atoms with Crippen molar-refractivity contribution in [1.29, 1.82) is 0 Å². The van der Waals surface area contributed by atoms with Crippen molar-refractivity contribution in [3.8, 4) is 0 Å². The number of carbonyl (C=O) groups excluding carboxylic acids is 3. The number of nitrogens with one attached hydrogen (secondary N) is 2. The zero-order valence-corrected chi connectivity index (χ0v) is 15.2. The zero-order valence-electron chi connectivity index (χ0n) is 15.2. The molecule has 0 radical (unpaired) electrons. The van der Waals surface area contributed by atoms with Gasteiger partial charge in [0.05, 0.1) is 5.57 Å². The first-order chi connectivity index (χ1) is 13.4. The van der Waals surface area contributed by atoms with Crippen LogP contribution in [0, 0.1) is 5.82 Å². The summed E-state index contributed by atoms with van der Waals surface area (Å²) in [6.45, 7) is 5.05. The maximum Gasteiger partial charge on any atom is 0.278 e. The van der Waals surface area contributed by atoms with E-state index in [9.17, 15) is 18.8 Å². The van der Waals surface area contributed by atoms with Crippen LogP contribution in [-0.2, 0) is 14.4 Å². The lowest BCUT2D eigenvalue weighted by atomic mass is 10.0. The molecule has 0 aromatic heterocycles. The Morgan fingerprint density at radius 1 is 1.04 bits per heavy atom. The molecule has 1 aliphatic heterocycles. The summed E-state index contributed by atoms with van der Waals surface area (Å²) >= 11 is 0.